The van der Waals surface area contributed by atoms with Crippen molar-refractivity contribution in [1.29, 1.82) is 0 Å². The summed E-state index contributed by atoms with van der Waals surface area (Å²) in [7, 11) is -3.36. The highest BCUT2D eigenvalue weighted by atomic mass is 35.5. The first-order valence-electron chi connectivity index (χ1n) is 16.4. The van der Waals surface area contributed by atoms with E-state index in [0.717, 1.165) is 41.6 Å². The van der Waals surface area contributed by atoms with Crippen LogP contribution in [0, 0.1) is 17.0 Å². The predicted octanol–water partition coefficient (Wildman–Crippen LogP) is 7.11. The van der Waals surface area contributed by atoms with E-state index in [0.29, 0.717) is 10.6 Å². The lowest BCUT2D eigenvalue weighted by Gasteiger charge is -2.34. The van der Waals surface area contributed by atoms with Crippen molar-refractivity contribution in [2.24, 2.45) is 0 Å². The molecule has 14 heteroatoms. The minimum Gasteiger partial charge on any atom is -0.495 e. The average Bonchev–Trinajstić information content (AvgIpc) is 3.62. The number of amides is 2. The maximum atomic E-state index is 14.8. The molecule has 2 amide bonds. The Morgan fingerprint density at radius 1 is 0.980 bits per heavy atom. The Morgan fingerprint density at radius 2 is 1.67 bits per heavy atom. The zero-order valence-electron chi connectivity index (χ0n) is 28.1. The maximum absolute atomic E-state index is 14.8. The average molecular weight is 754 g/mol. The van der Waals surface area contributed by atoms with Crippen LogP contribution in [0.2, 0.25) is 10.0 Å². The van der Waals surface area contributed by atoms with Gasteiger partial charge in [-0.1, -0.05) is 90.6 Å². The highest BCUT2D eigenvalue weighted by Gasteiger charge is 2.37. The third-order valence-corrected chi connectivity index (χ3v) is 11.3. The van der Waals surface area contributed by atoms with E-state index < -0.39 is 44.0 Å². The second-order valence-electron chi connectivity index (χ2n) is 12.3. The summed E-state index contributed by atoms with van der Waals surface area (Å²) in [6.07, 6.45) is 3.70. The fourth-order valence-corrected chi connectivity index (χ4v) is 7.98. The van der Waals surface area contributed by atoms with Crippen molar-refractivity contribution < 1.29 is 27.7 Å². The summed E-state index contributed by atoms with van der Waals surface area (Å²) in [5.41, 5.74) is 1.10. The Kier molecular flexibility index (Phi) is 12.2. The molecule has 0 radical (unpaired) electrons. The van der Waals surface area contributed by atoms with Gasteiger partial charge in [-0.05, 0) is 61.2 Å². The molecule has 268 valence electrons. The van der Waals surface area contributed by atoms with Crippen molar-refractivity contribution in [2.75, 3.05) is 18.0 Å². The number of halogens is 2. The number of hydrogen-bond acceptors (Lipinski definition) is 7. The molecular formula is C37H38Cl2N4O7S. The molecule has 1 saturated carbocycles. The van der Waals surface area contributed by atoms with E-state index in [-0.39, 0.29) is 46.9 Å². The molecule has 0 saturated heterocycles. The Hall–Kier alpha value is -4.65. The molecule has 11 nitrogen and oxygen atoms in total. The number of nitro groups is 1. The number of ether oxygens (including phenoxy) is 1. The number of nitrogens with zero attached hydrogens (tertiary/aromatic N) is 3. The van der Waals surface area contributed by atoms with Gasteiger partial charge in [-0.25, -0.2) is 8.42 Å². The molecule has 51 heavy (non-hydrogen) atoms. The van der Waals surface area contributed by atoms with Crippen molar-refractivity contribution in [2.45, 2.75) is 62.6 Å². The van der Waals surface area contributed by atoms with Crippen molar-refractivity contribution in [1.82, 2.24) is 10.2 Å². The van der Waals surface area contributed by atoms with Gasteiger partial charge in [0.15, 0.2) is 0 Å². The minimum absolute atomic E-state index is 0.0574. The Morgan fingerprint density at radius 3 is 2.33 bits per heavy atom. The zero-order chi connectivity index (χ0) is 36.7. The van der Waals surface area contributed by atoms with Gasteiger partial charge >= 0.3 is 0 Å². The van der Waals surface area contributed by atoms with Gasteiger partial charge in [0.1, 0.15) is 18.3 Å². The smallest absolute Gasteiger partial charge is 0.273 e. The van der Waals surface area contributed by atoms with Gasteiger partial charge in [-0.15, -0.1) is 0 Å². The lowest BCUT2D eigenvalue weighted by Crippen LogP contribution is -2.54. The van der Waals surface area contributed by atoms with Gasteiger partial charge in [-0.2, -0.15) is 0 Å². The highest BCUT2D eigenvalue weighted by molar-refractivity contribution is 7.92. The number of sulfonamides is 1. The molecule has 0 spiro atoms. The Balaban J connectivity index is 1.64. The largest absolute Gasteiger partial charge is 0.495 e. The fraction of sp³-hybridized carbons (Fsp3) is 0.297. The van der Waals surface area contributed by atoms with E-state index in [1.54, 1.807) is 24.3 Å². The molecule has 4 aromatic rings. The summed E-state index contributed by atoms with van der Waals surface area (Å²) < 4.78 is 35.4. The van der Waals surface area contributed by atoms with E-state index in [1.165, 1.54) is 49.3 Å². The topological polar surface area (TPSA) is 139 Å². The first-order chi connectivity index (χ1) is 24.4. The van der Waals surface area contributed by atoms with Crippen LogP contribution in [0.1, 0.15) is 42.4 Å². The second kappa shape index (κ2) is 16.6. The van der Waals surface area contributed by atoms with E-state index >= 15 is 0 Å². The van der Waals surface area contributed by atoms with E-state index in [4.69, 9.17) is 27.9 Å². The van der Waals surface area contributed by atoms with Crippen LogP contribution in [0.3, 0.4) is 0 Å². The molecule has 4 aromatic carbocycles. The molecular weight excluding hydrogens is 715 g/mol. The SMILES string of the molecule is COc1ccc(Cl)cc1N(CC(=O)N(Cc1ccccc1Cl)[C@H](Cc1ccccc1)C(=O)NC1CCCC1)S(=O)(=O)c1ccc(C)c([N+](=O)[O-])c1. The van der Waals surface area contributed by atoms with E-state index in [2.05, 4.69) is 5.32 Å². The van der Waals surface area contributed by atoms with E-state index in [9.17, 15) is 28.1 Å². The minimum atomic E-state index is -4.69. The molecule has 1 N–H and O–H groups in total. The maximum Gasteiger partial charge on any atom is 0.273 e. The first kappa shape index (κ1) is 37.6. The molecule has 0 aliphatic heterocycles. The summed E-state index contributed by atoms with van der Waals surface area (Å²) in [5, 5.41) is 15.5. The monoisotopic (exact) mass is 752 g/mol. The van der Waals surface area contributed by atoms with Gasteiger partial charge in [0, 0.05) is 40.7 Å². The number of aryl methyl sites for hydroxylation is 1. The van der Waals surface area contributed by atoms with Gasteiger partial charge in [0.2, 0.25) is 11.8 Å². The molecule has 1 fully saturated rings. The Bertz CT molecular complexity index is 2010. The Labute approximate surface area is 307 Å². The van der Waals surface area contributed by atoms with Gasteiger partial charge in [0.05, 0.1) is 22.6 Å². The normalized spacial score (nSPS) is 13.7. The summed E-state index contributed by atoms with van der Waals surface area (Å²) in [5.74, 6) is -1.03. The number of methoxy groups -OCH3 is 1. The van der Waals surface area contributed by atoms with Gasteiger partial charge in [0.25, 0.3) is 15.7 Å². The zero-order valence-corrected chi connectivity index (χ0v) is 30.5. The van der Waals surface area contributed by atoms with Crippen LogP contribution in [0.5, 0.6) is 5.75 Å². The summed E-state index contributed by atoms with van der Waals surface area (Å²) in [6, 6.07) is 22.8. The van der Waals surface area contributed by atoms with Crippen LogP contribution in [-0.4, -0.2) is 55.8 Å². The van der Waals surface area contributed by atoms with Crippen molar-refractivity contribution in [3.05, 3.63) is 128 Å². The predicted molar refractivity (Wildman–Crippen MR) is 197 cm³/mol. The summed E-state index contributed by atoms with van der Waals surface area (Å²) in [6.45, 7) is 0.559. The number of nitro benzene ring substituents is 1. The molecule has 1 aliphatic carbocycles. The summed E-state index contributed by atoms with van der Waals surface area (Å²) in [4.78, 5) is 41.1. The molecule has 0 aromatic heterocycles. The fourth-order valence-electron chi connectivity index (χ4n) is 6.18. The molecule has 1 atom stereocenters. The quantitative estimate of drug-likeness (QED) is 0.107. The van der Waals surface area contributed by atoms with Crippen molar-refractivity contribution in [3.8, 4) is 5.75 Å². The van der Waals surface area contributed by atoms with Crippen molar-refractivity contribution >= 4 is 56.4 Å². The molecule has 5 rings (SSSR count). The number of carbonyl (C=O) groups excluding carboxylic acids is 2. The van der Waals surface area contributed by atoms with Crippen LogP contribution in [-0.2, 0) is 32.6 Å². The third kappa shape index (κ3) is 8.99. The molecule has 0 unspecified atom stereocenters. The second-order valence-corrected chi connectivity index (χ2v) is 15.0. The van der Waals surface area contributed by atoms with Crippen molar-refractivity contribution in [3.63, 3.8) is 0 Å². The van der Waals surface area contributed by atoms with Crippen LogP contribution >= 0.6 is 23.2 Å². The molecule has 1 aliphatic rings. The lowest BCUT2D eigenvalue weighted by atomic mass is 10.0. The number of nitrogens with one attached hydrogen (secondary N) is 1. The molecule has 0 bridgehead atoms. The van der Waals surface area contributed by atoms with Crippen LogP contribution in [0.15, 0.2) is 95.9 Å². The third-order valence-electron chi connectivity index (χ3n) is 8.92. The number of rotatable bonds is 14. The standard InChI is InChI=1S/C37H38Cl2N4O7S/c1-25-16-18-30(22-32(25)43(46)47)51(48,49)42(33-21-28(38)17-19-35(33)50-2)24-36(44)41(23-27-12-6-9-15-31(27)39)34(20-26-10-4-3-5-11-26)37(45)40-29-13-7-8-14-29/h3-6,9-12,15-19,21-22,29,34H,7-8,13-14,20,23-24H2,1-2H3,(H,40,45)/t34-/m1/s1. The van der Waals surface area contributed by atoms with E-state index in [1.807, 2.05) is 30.3 Å². The molecule has 0 heterocycles. The van der Waals surface area contributed by atoms with Crippen LogP contribution in [0.25, 0.3) is 0 Å². The number of anilines is 1. The number of benzene rings is 4. The van der Waals surface area contributed by atoms with Gasteiger partial charge in [-0.3, -0.25) is 24.0 Å². The van der Waals surface area contributed by atoms with Gasteiger partial charge < -0.3 is 15.0 Å². The van der Waals surface area contributed by atoms with Crippen LogP contribution in [0.4, 0.5) is 11.4 Å². The first-order valence-corrected chi connectivity index (χ1v) is 18.6. The van der Waals surface area contributed by atoms with Crippen LogP contribution < -0.4 is 14.4 Å². The summed E-state index contributed by atoms with van der Waals surface area (Å²) >= 11 is 12.9. The number of hydrogen-bond donors (Lipinski definition) is 1. The number of carbonyl (C=O) groups is 2. The lowest BCUT2D eigenvalue weighted by molar-refractivity contribution is -0.385. The highest BCUT2D eigenvalue weighted by Crippen LogP contribution is 2.36.